The molecule has 0 saturated heterocycles. The van der Waals surface area contributed by atoms with Crippen LogP contribution in [0.2, 0.25) is 0 Å². The third kappa shape index (κ3) is 4.12. The van der Waals surface area contributed by atoms with Gasteiger partial charge in [0.1, 0.15) is 0 Å². The molecule has 1 fully saturated rings. The summed E-state index contributed by atoms with van der Waals surface area (Å²) in [7, 11) is 1.69. The minimum atomic E-state index is 0.129. The number of carbonyl (C=O) groups excluding carboxylic acids is 1. The molecule has 0 spiro atoms. The second kappa shape index (κ2) is 6.89. The van der Waals surface area contributed by atoms with Crippen molar-refractivity contribution in [2.24, 2.45) is 11.8 Å². The lowest BCUT2D eigenvalue weighted by Crippen LogP contribution is -2.42. The van der Waals surface area contributed by atoms with Crippen LogP contribution < -0.4 is 10.6 Å². The van der Waals surface area contributed by atoms with Gasteiger partial charge in [0.25, 0.3) is 0 Å². The van der Waals surface area contributed by atoms with Crippen molar-refractivity contribution in [3.05, 3.63) is 0 Å². The van der Waals surface area contributed by atoms with E-state index in [2.05, 4.69) is 24.5 Å². The van der Waals surface area contributed by atoms with Gasteiger partial charge in [0.2, 0.25) is 5.91 Å². The molecule has 0 heterocycles. The first-order chi connectivity index (χ1) is 7.65. The monoisotopic (exact) mass is 226 g/mol. The quantitative estimate of drug-likeness (QED) is 0.752. The topological polar surface area (TPSA) is 41.1 Å². The van der Waals surface area contributed by atoms with Crippen LogP contribution in [0.15, 0.2) is 0 Å². The highest BCUT2D eigenvalue weighted by Gasteiger charge is 2.26. The molecule has 1 saturated carbocycles. The molecular formula is C13H26N2O. The van der Waals surface area contributed by atoms with E-state index in [1.54, 1.807) is 7.05 Å². The first kappa shape index (κ1) is 13.5. The number of nitrogens with one attached hydrogen (secondary N) is 2. The zero-order chi connectivity index (χ0) is 12.0. The van der Waals surface area contributed by atoms with Gasteiger partial charge in [-0.25, -0.2) is 0 Å². The van der Waals surface area contributed by atoms with Crippen molar-refractivity contribution in [2.75, 3.05) is 13.6 Å². The fourth-order valence-corrected chi connectivity index (χ4v) is 2.71. The van der Waals surface area contributed by atoms with E-state index in [0.717, 1.165) is 18.4 Å². The van der Waals surface area contributed by atoms with Crippen molar-refractivity contribution >= 4 is 5.91 Å². The molecule has 0 aromatic rings. The first-order valence-electron chi connectivity index (χ1n) is 6.59. The SMILES string of the molecule is CNC(=O)CCNC1CCCCC1C(C)C. The Morgan fingerprint density at radius 1 is 1.31 bits per heavy atom. The molecule has 3 heteroatoms. The second-order valence-corrected chi connectivity index (χ2v) is 5.18. The van der Waals surface area contributed by atoms with Crippen molar-refractivity contribution in [3.8, 4) is 0 Å². The molecule has 0 aliphatic heterocycles. The Bertz CT molecular complexity index is 216. The maximum absolute atomic E-state index is 11.1. The predicted octanol–water partition coefficient (Wildman–Crippen LogP) is 1.93. The van der Waals surface area contributed by atoms with Gasteiger partial charge in [-0.15, -0.1) is 0 Å². The Balaban J connectivity index is 2.30. The maximum atomic E-state index is 11.1. The summed E-state index contributed by atoms with van der Waals surface area (Å²) >= 11 is 0. The molecule has 1 amide bonds. The molecule has 16 heavy (non-hydrogen) atoms. The zero-order valence-electron chi connectivity index (χ0n) is 10.9. The normalized spacial score (nSPS) is 25.8. The average Bonchev–Trinajstić information content (AvgIpc) is 2.29. The molecular weight excluding hydrogens is 200 g/mol. The number of hydrogen-bond donors (Lipinski definition) is 2. The van der Waals surface area contributed by atoms with Crippen LogP contribution in [-0.2, 0) is 4.79 Å². The standard InChI is InChI=1S/C13H26N2O/c1-10(2)11-6-4-5-7-12(11)15-9-8-13(16)14-3/h10-12,15H,4-9H2,1-3H3,(H,14,16). The molecule has 0 bridgehead atoms. The molecule has 1 aliphatic carbocycles. The molecule has 0 aromatic heterocycles. The van der Waals surface area contributed by atoms with Crippen LogP contribution in [0.3, 0.4) is 0 Å². The Labute approximate surface area is 99.4 Å². The van der Waals surface area contributed by atoms with E-state index in [1.807, 2.05) is 0 Å². The molecule has 2 atom stereocenters. The first-order valence-corrected chi connectivity index (χ1v) is 6.59. The van der Waals surface area contributed by atoms with Gasteiger partial charge in [-0.2, -0.15) is 0 Å². The van der Waals surface area contributed by atoms with Crippen LogP contribution in [0.1, 0.15) is 46.0 Å². The summed E-state index contributed by atoms with van der Waals surface area (Å²) in [6.07, 6.45) is 5.92. The van der Waals surface area contributed by atoms with Crippen LogP contribution in [0.4, 0.5) is 0 Å². The fourth-order valence-electron chi connectivity index (χ4n) is 2.71. The van der Waals surface area contributed by atoms with Crippen molar-refractivity contribution in [1.29, 1.82) is 0 Å². The Hall–Kier alpha value is -0.570. The van der Waals surface area contributed by atoms with E-state index in [9.17, 15) is 4.79 Å². The number of carbonyl (C=O) groups is 1. The minimum Gasteiger partial charge on any atom is -0.359 e. The lowest BCUT2D eigenvalue weighted by Gasteiger charge is -2.35. The second-order valence-electron chi connectivity index (χ2n) is 5.18. The fraction of sp³-hybridized carbons (Fsp3) is 0.923. The largest absolute Gasteiger partial charge is 0.359 e. The van der Waals surface area contributed by atoms with E-state index in [1.165, 1.54) is 25.7 Å². The molecule has 0 radical (unpaired) electrons. The summed E-state index contributed by atoms with van der Waals surface area (Å²) in [5, 5.41) is 6.22. The van der Waals surface area contributed by atoms with Crippen LogP contribution >= 0.6 is 0 Å². The lowest BCUT2D eigenvalue weighted by molar-refractivity contribution is -0.120. The summed E-state index contributed by atoms with van der Waals surface area (Å²) in [6.45, 7) is 5.43. The van der Waals surface area contributed by atoms with Gasteiger partial charge in [0.05, 0.1) is 0 Å². The lowest BCUT2D eigenvalue weighted by atomic mass is 9.78. The molecule has 2 unspecified atom stereocenters. The number of amides is 1. The van der Waals surface area contributed by atoms with E-state index in [4.69, 9.17) is 0 Å². The highest BCUT2D eigenvalue weighted by atomic mass is 16.1. The van der Waals surface area contributed by atoms with Crippen LogP contribution in [0, 0.1) is 11.8 Å². The van der Waals surface area contributed by atoms with E-state index in [-0.39, 0.29) is 5.91 Å². The van der Waals surface area contributed by atoms with Gasteiger partial charge >= 0.3 is 0 Å². The van der Waals surface area contributed by atoms with Gasteiger partial charge < -0.3 is 10.6 Å². The summed E-state index contributed by atoms with van der Waals surface area (Å²) in [6, 6.07) is 0.624. The van der Waals surface area contributed by atoms with Gasteiger partial charge in [0, 0.05) is 26.1 Å². The third-order valence-corrected chi connectivity index (χ3v) is 3.71. The summed E-state index contributed by atoms with van der Waals surface area (Å²) in [4.78, 5) is 11.1. The third-order valence-electron chi connectivity index (χ3n) is 3.71. The van der Waals surface area contributed by atoms with Crippen LogP contribution in [-0.4, -0.2) is 25.5 Å². The molecule has 0 aromatic carbocycles. The smallest absolute Gasteiger partial charge is 0.221 e. The van der Waals surface area contributed by atoms with Gasteiger partial charge in [-0.1, -0.05) is 26.7 Å². The predicted molar refractivity (Wildman–Crippen MR) is 67.3 cm³/mol. The van der Waals surface area contributed by atoms with Gasteiger partial charge in [-0.05, 0) is 24.7 Å². The summed E-state index contributed by atoms with van der Waals surface area (Å²) in [5.41, 5.74) is 0. The van der Waals surface area contributed by atoms with Crippen molar-refractivity contribution in [3.63, 3.8) is 0 Å². The molecule has 1 aliphatic rings. The van der Waals surface area contributed by atoms with E-state index in [0.29, 0.717) is 12.5 Å². The summed E-state index contributed by atoms with van der Waals surface area (Å²) in [5.74, 6) is 1.67. The highest BCUT2D eigenvalue weighted by Crippen LogP contribution is 2.29. The van der Waals surface area contributed by atoms with Gasteiger partial charge in [0.15, 0.2) is 0 Å². The van der Waals surface area contributed by atoms with Gasteiger partial charge in [-0.3, -0.25) is 4.79 Å². The van der Waals surface area contributed by atoms with Crippen LogP contribution in [0.25, 0.3) is 0 Å². The maximum Gasteiger partial charge on any atom is 0.221 e. The van der Waals surface area contributed by atoms with Crippen LogP contribution in [0.5, 0.6) is 0 Å². The molecule has 2 N–H and O–H groups in total. The molecule has 94 valence electrons. The Morgan fingerprint density at radius 2 is 2.00 bits per heavy atom. The number of hydrogen-bond acceptors (Lipinski definition) is 2. The minimum absolute atomic E-state index is 0.129. The molecule has 3 nitrogen and oxygen atoms in total. The Morgan fingerprint density at radius 3 is 2.62 bits per heavy atom. The Kier molecular flexibility index (Phi) is 5.81. The molecule has 1 rings (SSSR count). The summed E-state index contributed by atoms with van der Waals surface area (Å²) < 4.78 is 0. The zero-order valence-corrected chi connectivity index (χ0v) is 10.9. The average molecular weight is 226 g/mol. The number of rotatable bonds is 5. The van der Waals surface area contributed by atoms with E-state index < -0.39 is 0 Å². The highest BCUT2D eigenvalue weighted by molar-refractivity contribution is 5.75. The van der Waals surface area contributed by atoms with Crippen molar-refractivity contribution < 1.29 is 4.79 Å². The van der Waals surface area contributed by atoms with Crippen molar-refractivity contribution in [1.82, 2.24) is 10.6 Å². The van der Waals surface area contributed by atoms with Crippen molar-refractivity contribution in [2.45, 2.75) is 52.0 Å². The van der Waals surface area contributed by atoms with E-state index >= 15 is 0 Å².